The summed E-state index contributed by atoms with van der Waals surface area (Å²) in [5, 5.41) is 8.49. The second-order valence-electron chi connectivity index (χ2n) is 6.84. The lowest BCUT2D eigenvalue weighted by atomic mass is 10.1. The molecular formula is C21H24N4O2S. The van der Waals surface area contributed by atoms with Crippen LogP contribution in [-0.2, 0) is 11.3 Å². The molecule has 0 unspecified atom stereocenters. The number of rotatable bonds is 7. The van der Waals surface area contributed by atoms with Crippen molar-refractivity contribution < 1.29 is 9.21 Å². The molecule has 1 amide bonds. The van der Waals surface area contributed by atoms with Gasteiger partial charge in [0.1, 0.15) is 0 Å². The minimum absolute atomic E-state index is 0.0109. The zero-order valence-electron chi connectivity index (χ0n) is 16.5. The molecule has 0 fully saturated rings. The Morgan fingerprint density at radius 3 is 2.32 bits per heavy atom. The summed E-state index contributed by atoms with van der Waals surface area (Å²) in [6.07, 6.45) is 0. The number of nitrogens with zero attached hydrogens (tertiary/aromatic N) is 4. The lowest BCUT2D eigenvalue weighted by Gasteiger charge is -2.18. The number of benzene rings is 2. The number of aryl methyl sites for hydroxylation is 1. The fourth-order valence-corrected chi connectivity index (χ4v) is 3.28. The molecule has 0 aliphatic carbocycles. The third kappa shape index (κ3) is 5.13. The van der Waals surface area contributed by atoms with Crippen molar-refractivity contribution in [2.24, 2.45) is 0 Å². The summed E-state index contributed by atoms with van der Waals surface area (Å²) in [5.74, 6) is 0.725. The van der Waals surface area contributed by atoms with Gasteiger partial charge < -0.3 is 14.2 Å². The van der Waals surface area contributed by atoms with Gasteiger partial charge in [-0.25, -0.2) is 0 Å². The second-order valence-corrected chi connectivity index (χ2v) is 7.77. The van der Waals surface area contributed by atoms with Gasteiger partial charge in [-0.15, -0.1) is 10.2 Å². The quantitative estimate of drug-likeness (QED) is 0.565. The highest BCUT2D eigenvalue weighted by molar-refractivity contribution is 7.99. The van der Waals surface area contributed by atoms with Crippen molar-refractivity contribution in [2.45, 2.75) is 18.7 Å². The van der Waals surface area contributed by atoms with Crippen LogP contribution in [0.3, 0.4) is 0 Å². The third-order valence-electron chi connectivity index (χ3n) is 4.32. The predicted octanol–water partition coefficient (Wildman–Crippen LogP) is 3.86. The van der Waals surface area contributed by atoms with Crippen LogP contribution in [-0.4, -0.2) is 47.9 Å². The molecule has 0 saturated heterocycles. The Labute approximate surface area is 169 Å². The number of thioether (sulfide) groups is 1. The van der Waals surface area contributed by atoms with Gasteiger partial charge >= 0.3 is 0 Å². The molecule has 1 heterocycles. The summed E-state index contributed by atoms with van der Waals surface area (Å²) in [7, 11) is 5.81. The largest absolute Gasteiger partial charge is 0.411 e. The van der Waals surface area contributed by atoms with E-state index in [4.69, 9.17) is 4.42 Å². The Morgan fingerprint density at radius 1 is 1.00 bits per heavy atom. The van der Waals surface area contributed by atoms with Gasteiger partial charge in [0.05, 0.1) is 5.75 Å². The van der Waals surface area contributed by atoms with E-state index >= 15 is 0 Å². The molecule has 0 radical (unpaired) electrons. The fraction of sp³-hybridized carbons (Fsp3) is 0.286. The zero-order chi connectivity index (χ0) is 20.1. The van der Waals surface area contributed by atoms with E-state index in [9.17, 15) is 4.79 Å². The van der Waals surface area contributed by atoms with Gasteiger partial charge in [0, 0.05) is 38.9 Å². The zero-order valence-corrected chi connectivity index (χ0v) is 17.4. The lowest BCUT2D eigenvalue weighted by Crippen LogP contribution is -2.27. The molecule has 0 atom stereocenters. The molecule has 0 bridgehead atoms. The Hall–Kier alpha value is -2.80. The Kier molecular flexibility index (Phi) is 6.36. The molecular weight excluding hydrogens is 372 g/mol. The maximum Gasteiger partial charge on any atom is 0.277 e. The molecule has 7 heteroatoms. The topological polar surface area (TPSA) is 62.5 Å². The number of hydrogen-bond acceptors (Lipinski definition) is 6. The summed E-state index contributed by atoms with van der Waals surface area (Å²) in [5.41, 5.74) is 4.26. The van der Waals surface area contributed by atoms with E-state index < -0.39 is 0 Å². The molecule has 0 N–H and O–H groups in total. The molecule has 146 valence electrons. The lowest BCUT2D eigenvalue weighted by molar-refractivity contribution is -0.127. The van der Waals surface area contributed by atoms with Crippen molar-refractivity contribution in [2.75, 3.05) is 31.8 Å². The number of carbonyl (C=O) groups is 1. The van der Waals surface area contributed by atoms with Crippen molar-refractivity contribution in [3.63, 3.8) is 0 Å². The SMILES string of the molecule is Cc1ccc(-c2nnc(SCC(=O)N(C)Cc3ccc(N(C)C)cc3)o2)cc1. The maximum atomic E-state index is 12.4. The average molecular weight is 397 g/mol. The fourth-order valence-electron chi connectivity index (χ4n) is 2.58. The van der Waals surface area contributed by atoms with Gasteiger partial charge in [-0.1, -0.05) is 41.6 Å². The van der Waals surface area contributed by atoms with E-state index in [0.29, 0.717) is 17.7 Å². The molecule has 1 aromatic heterocycles. The van der Waals surface area contributed by atoms with E-state index in [1.165, 1.54) is 17.3 Å². The predicted molar refractivity (Wildman–Crippen MR) is 112 cm³/mol. The average Bonchev–Trinajstić information content (AvgIpc) is 3.16. The van der Waals surface area contributed by atoms with Gasteiger partial charge in [0.25, 0.3) is 5.22 Å². The molecule has 28 heavy (non-hydrogen) atoms. The molecule has 3 aromatic rings. The van der Waals surface area contributed by atoms with Crippen LogP contribution >= 0.6 is 11.8 Å². The van der Waals surface area contributed by atoms with E-state index in [1.54, 1.807) is 11.9 Å². The smallest absolute Gasteiger partial charge is 0.277 e. The minimum atomic E-state index is 0.0109. The van der Waals surface area contributed by atoms with Gasteiger partial charge in [-0.05, 0) is 36.8 Å². The van der Waals surface area contributed by atoms with Gasteiger partial charge in [-0.2, -0.15) is 0 Å². The number of carbonyl (C=O) groups excluding carboxylic acids is 1. The van der Waals surface area contributed by atoms with E-state index in [1.807, 2.05) is 74.4 Å². The van der Waals surface area contributed by atoms with Gasteiger partial charge in [-0.3, -0.25) is 4.79 Å². The van der Waals surface area contributed by atoms with Gasteiger partial charge in [0.2, 0.25) is 11.8 Å². The first-order chi connectivity index (χ1) is 13.4. The van der Waals surface area contributed by atoms with E-state index in [2.05, 4.69) is 10.2 Å². The number of hydrogen-bond donors (Lipinski definition) is 0. The first kappa shape index (κ1) is 19.9. The van der Waals surface area contributed by atoms with Crippen LogP contribution in [0.2, 0.25) is 0 Å². The molecule has 0 aliphatic heterocycles. The Balaban J connectivity index is 1.52. The van der Waals surface area contributed by atoms with Crippen molar-refractivity contribution in [1.82, 2.24) is 15.1 Å². The standard InChI is InChI=1S/C21H24N4O2S/c1-15-5-9-17(10-6-15)20-22-23-21(27-20)28-14-19(26)25(4)13-16-7-11-18(12-8-16)24(2)3/h5-12H,13-14H2,1-4H3. The maximum absolute atomic E-state index is 12.4. The highest BCUT2D eigenvalue weighted by Crippen LogP contribution is 2.23. The minimum Gasteiger partial charge on any atom is -0.411 e. The number of aromatic nitrogens is 2. The monoisotopic (exact) mass is 396 g/mol. The van der Waals surface area contributed by atoms with Gasteiger partial charge in [0.15, 0.2) is 0 Å². The van der Waals surface area contributed by atoms with Crippen molar-refractivity contribution in [3.8, 4) is 11.5 Å². The van der Waals surface area contributed by atoms with Crippen molar-refractivity contribution >= 4 is 23.4 Å². The molecule has 0 spiro atoms. The number of amides is 1. The van der Waals surface area contributed by atoms with E-state index in [0.717, 1.165) is 16.8 Å². The normalized spacial score (nSPS) is 10.7. The molecule has 6 nitrogen and oxygen atoms in total. The van der Waals surface area contributed by atoms with E-state index in [-0.39, 0.29) is 11.7 Å². The molecule has 2 aromatic carbocycles. The second kappa shape index (κ2) is 8.93. The van der Waals surface area contributed by atoms with Crippen LogP contribution in [0.1, 0.15) is 11.1 Å². The summed E-state index contributed by atoms with van der Waals surface area (Å²) in [6, 6.07) is 16.1. The summed E-state index contributed by atoms with van der Waals surface area (Å²) in [4.78, 5) is 16.2. The summed E-state index contributed by atoms with van der Waals surface area (Å²) in [6.45, 7) is 2.59. The first-order valence-electron chi connectivity index (χ1n) is 8.96. The number of anilines is 1. The highest BCUT2D eigenvalue weighted by Gasteiger charge is 2.14. The summed E-state index contributed by atoms with van der Waals surface area (Å²) >= 11 is 1.25. The molecule has 3 rings (SSSR count). The van der Waals surface area contributed by atoms with Crippen LogP contribution in [0.4, 0.5) is 5.69 Å². The van der Waals surface area contributed by atoms with Crippen LogP contribution in [0.15, 0.2) is 58.2 Å². The Morgan fingerprint density at radius 2 is 1.68 bits per heavy atom. The highest BCUT2D eigenvalue weighted by atomic mass is 32.2. The molecule has 0 aliphatic rings. The third-order valence-corrected chi connectivity index (χ3v) is 5.13. The summed E-state index contributed by atoms with van der Waals surface area (Å²) < 4.78 is 5.66. The van der Waals surface area contributed by atoms with Crippen LogP contribution in [0.5, 0.6) is 0 Å². The van der Waals surface area contributed by atoms with Crippen molar-refractivity contribution in [1.29, 1.82) is 0 Å². The molecule has 0 saturated carbocycles. The van der Waals surface area contributed by atoms with Crippen LogP contribution in [0.25, 0.3) is 11.5 Å². The Bertz CT molecular complexity index is 920. The van der Waals surface area contributed by atoms with Crippen molar-refractivity contribution in [3.05, 3.63) is 59.7 Å². The van der Waals surface area contributed by atoms with Crippen LogP contribution < -0.4 is 4.90 Å². The van der Waals surface area contributed by atoms with Crippen LogP contribution in [0, 0.1) is 6.92 Å². The first-order valence-corrected chi connectivity index (χ1v) is 9.94.